The third-order valence-corrected chi connectivity index (χ3v) is 16.6. The second-order valence-electron chi connectivity index (χ2n) is 21.2. The zero-order chi connectivity index (χ0) is 55.6. The molecule has 7 aromatic carbocycles. The molecule has 0 amide bonds. The Morgan fingerprint density at radius 1 is 0.262 bits per heavy atom. The molecule has 10 heterocycles. The highest BCUT2D eigenvalue weighted by molar-refractivity contribution is 6.18. The van der Waals surface area contributed by atoms with Crippen molar-refractivity contribution in [1.82, 2.24) is 58.1 Å². The van der Waals surface area contributed by atoms with E-state index in [0.29, 0.717) is 23.0 Å². The summed E-state index contributed by atoms with van der Waals surface area (Å²) in [6.07, 6.45) is 15.5. The number of hydrogen-bond acceptors (Lipinski definition) is 8. The van der Waals surface area contributed by atoms with Gasteiger partial charge in [0.15, 0.2) is 17.5 Å². The van der Waals surface area contributed by atoms with E-state index in [2.05, 4.69) is 190 Å². The maximum Gasteiger partial charge on any atom is 0.168 e. The molecule has 17 aromatic rings. The Bertz CT molecular complexity index is 5270. The first-order chi connectivity index (χ1) is 41.6. The molecule has 12 heteroatoms. The Hall–Kier alpha value is -11.5. The second kappa shape index (κ2) is 18.5. The van der Waals surface area contributed by atoms with E-state index < -0.39 is 0 Å². The third kappa shape index (κ3) is 6.94. The average molecular weight is 1080 g/mol. The molecule has 0 aliphatic rings. The lowest BCUT2D eigenvalue weighted by atomic mass is 9.91. The molecule has 0 atom stereocenters. The van der Waals surface area contributed by atoms with Crippen LogP contribution in [-0.4, -0.2) is 58.1 Å². The van der Waals surface area contributed by atoms with E-state index in [1.807, 2.05) is 86.0 Å². The fourth-order valence-electron chi connectivity index (χ4n) is 13.1. The molecule has 12 nitrogen and oxygen atoms in total. The van der Waals surface area contributed by atoms with Crippen molar-refractivity contribution < 1.29 is 0 Å². The van der Waals surface area contributed by atoms with Gasteiger partial charge in [0.25, 0.3) is 0 Å². The number of benzene rings is 7. The van der Waals surface area contributed by atoms with E-state index in [1.54, 1.807) is 0 Å². The Morgan fingerprint density at radius 3 is 1.00 bits per heavy atom. The number of hydrogen-bond donors (Lipinski definition) is 0. The molecule has 0 N–H and O–H groups in total. The van der Waals surface area contributed by atoms with E-state index in [0.717, 1.165) is 144 Å². The number of pyridine rings is 5. The van der Waals surface area contributed by atoms with Crippen molar-refractivity contribution in [1.29, 1.82) is 0 Å². The Balaban J connectivity index is 1.27. The maximum absolute atomic E-state index is 5.84. The van der Waals surface area contributed by atoms with Crippen LogP contribution in [0.2, 0.25) is 0 Å². The molecule has 394 valence electrons. The maximum atomic E-state index is 5.84. The van der Waals surface area contributed by atoms with Crippen molar-refractivity contribution in [3.63, 3.8) is 0 Å². The van der Waals surface area contributed by atoms with Crippen LogP contribution in [0.5, 0.6) is 0 Å². The highest BCUT2D eigenvalue weighted by Gasteiger charge is 2.37. The van der Waals surface area contributed by atoms with Crippen molar-refractivity contribution in [2.75, 3.05) is 0 Å². The summed E-state index contributed by atoms with van der Waals surface area (Å²) in [5.41, 5.74) is 16.6. The van der Waals surface area contributed by atoms with Gasteiger partial charge < -0.3 is 18.3 Å². The van der Waals surface area contributed by atoms with Gasteiger partial charge in [-0.1, -0.05) is 140 Å². The summed E-state index contributed by atoms with van der Waals surface area (Å²) in [6.45, 7) is 4.18. The smallest absolute Gasteiger partial charge is 0.168 e. The topological polar surface area (TPSA) is 123 Å². The highest BCUT2D eigenvalue weighted by Crippen LogP contribution is 2.54. The van der Waals surface area contributed by atoms with Crippen molar-refractivity contribution in [2.45, 2.75) is 13.8 Å². The number of rotatable bonds is 8. The molecule has 0 saturated carbocycles. The van der Waals surface area contributed by atoms with E-state index in [1.165, 1.54) is 0 Å². The summed E-state index contributed by atoms with van der Waals surface area (Å²) in [7, 11) is 0. The molecular formula is C72H46N12. The Morgan fingerprint density at radius 2 is 0.595 bits per heavy atom. The number of para-hydroxylation sites is 4. The predicted octanol–water partition coefficient (Wildman–Crippen LogP) is 16.5. The van der Waals surface area contributed by atoms with Crippen LogP contribution in [-0.2, 0) is 0 Å². The predicted molar refractivity (Wildman–Crippen MR) is 337 cm³/mol. The van der Waals surface area contributed by atoms with Gasteiger partial charge in [-0.2, -0.15) is 0 Å². The van der Waals surface area contributed by atoms with Crippen LogP contribution in [0.3, 0.4) is 0 Å². The van der Waals surface area contributed by atoms with Gasteiger partial charge in [-0.05, 0) is 68.4 Å². The summed E-state index contributed by atoms with van der Waals surface area (Å²) in [5.74, 6) is 1.46. The van der Waals surface area contributed by atoms with E-state index >= 15 is 0 Å². The minimum Gasteiger partial charge on any atom is -0.306 e. The number of aromatic nitrogens is 12. The minimum absolute atomic E-state index is 0.437. The minimum atomic E-state index is 0.437. The molecule has 10 aromatic heterocycles. The van der Waals surface area contributed by atoms with E-state index in [9.17, 15) is 0 Å². The van der Waals surface area contributed by atoms with Gasteiger partial charge in [0, 0.05) is 102 Å². The quantitative estimate of drug-likeness (QED) is 0.147. The first-order valence-electron chi connectivity index (χ1n) is 28.0. The summed E-state index contributed by atoms with van der Waals surface area (Å²) < 4.78 is 9.67. The van der Waals surface area contributed by atoms with Crippen LogP contribution < -0.4 is 0 Å². The van der Waals surface area contributed by atoms with Crippen molar-refractivity contribution in [3.05, 3.63) is 255 Å². The Kier molecular flexibility index (Phi) is 10.4. The summed E-state index contributed by atoms with van der Waals surface area (Å²) in [6, 6.07) is 67.9. The largest absolute Gasteiger partial charge is 0.306 e. The van der Waals surface area contributed by atoms with Gasteiger partial charge in [0.2, 0.25) is 0 Å². The molecule has 0 saturated heterocycles. The number of fused-ring (bicyclic) bond motifs is 12. The van der Waals surface area contributed by atoms with Crippen LogP contribution in [0.4, 0.5) is 0 Å². The van der Waals surface area contributed by atoms with Crippen LogP contribution in [0.15, 0.2) is 244 Å². The zero-order valence-electron chi connectivity index (χ0n) is 45.5. The van der Waals surface area contributed by atoms with Crippen molar-refractivity contribution in [3.8, 4) is 68.0 Å². The Labute approximate surface area is 480 Å². The third-order valence-electron chi connectivity index (χ3n) is 16.6. The molecular weight excluding hydrogens is 1030 g/mol. The van der Waals surface area contributed by atoms with E-state index in [4.69, 9.17) is 39.9 Å². The summed E-state index contributed by atoms with van der Waals surface area (Å²) >= 11 is 0. The van der Waals surface area contributed by atoms with Crippen LogP contribution in [0.25, 0.3) is 155 Å². The van der Waals surface area contributed by atoms with Crippen LogP contribution in [0, 0.1) is 13.8 Å². The van der Waals surface area contributed by atoms with Gasteiger partial charge in [0.1, 0.15) is 0 Å². The summed E-state index contributed by atoms with van der Waals surface area (Å²) in [5, 5.41) is 8.38. The van der Waals surface area contributed by atoms with Gasteiger partial charge in [-0.25, -0.2) is 15.0 Å². The van der Waals surface area contributed by atoms with E-state index in [-0.39, 0.29) is 0 Å². The average Bonchev–Trinajstić information content (AvgIpc) is 1.57. The molecule has 0 unspecified atom stereocenters. The van der Waals surface area contributed by atoms with Gasteiger partial charge in [-0.3, -0.25) is 24.9 Å². The normalized spacial score (nSPS) is 11.9. The standard InChI is InChI=1S/C72H46N12/c1-43-29-30-47(44(2)77-43)64-66(81-56-25-13-9-21-48(56)52-31-35-73-39-60(52)81)65(72-79-70(45-17-5-3-6-18-45)78-71(80-72)46-19-7-4-8-20-46)68(83-58-27-15-11-23-50(58)54-33-37-75-41-62(54)83)69(84-59-28-16-12-24-51(59)55-34-38-76-42-63(55)84)67(64)82-57-26-14-10-22-49(57)53-32-36-74-40-61(53)82/h3-42H,1-2H3. The molecule has 0 radical (unpaired) electrons. The van der Waals surface area contributed by atoms with Crippen LogP contribution >= 0.6 is 0 Å². The molecule has 17 rings (SSSR count). The van der Waals surface area contributed by atoms with Gasteiger partial charge in [0.05, 0.1) is 97.2 Å². The van der Waals surface area contributed by atoms with Gasteiger partial charge in [-0.15, -0.1) is 0 Å². The molecule has 0 aliphatic heterocycles. The first kappa shape index (κ1) is 47.3. The summed E-state index contributed by atoms with van der Waals surface area (Å²) in [4.78, 5) is 42.3. The molecule has 0 bridgehead atoms. The highest BCUT2D eigenvalue weighted by atomic mass is 15.1. The molecule has 0 spiro atoms. The lowest BCUT2D eigenvalue weighted by Gasteiger charge is -2.31. The second-order valence-corrected chi connectivity index (χ2v) is 21.2. The fourth-order valence-corrected chi connectivity index (χ4v) is 13.1. The van der Waals surface area contributed by atoms with Gasteiger partial charge >= 0.3 is 0 Å². The lowest BCUT2D eigenvalue weighted by molar-refractivity contribution is 1.01. The zero-order valence-corrected chi connectivity index (χ0v) is 45.5. The number of nitrogens with zero attached hydrogens (tertiary/aromatic N) is 12. The van der Waals surface area contributed by atoms with Crippen LogP contribution in [0.1, 0.15) is 11.4 Å². The number of aryl methyl sites for hydroxylation is 2. The molecule has 0 fully saturated rings. The lowest BCUT2D eigenvalue weighted by Crippen LogP contribution is -2.17. The monoisotopic (exact) mass is 1080 g/mol. The SMILES string of the molecule is Cc1ccc(-c2c(-n3c4ccccc4c4ccncc43)c(-c3nc(-c4ccccc4)nc(-c4ccccc4)n3)c(-n3c4ccccc4c4ccncc43)c(-n3c4ccccc4c4ccncc43)c2-n2c3ccccc3c3ccncc32)c(C)n1. The first-order valence-corrected chi connectivity index (χ1v) is 28.0. The van der Waals surface area contributed by atoms with Crippen molar-refractivity contribution >= 4 is 87.2 Å². The fraction of sp³-hybridized carbons (Fsp3) is 0.0278. The molecule has 84 heavy (non-hydrogen) atoms. The molecule has 0 aliphatic carbocycles. The van der Waals surface area contributed by atoms with Crippen molar-refractivity contribution in [2.24, 2.45) is 0 Å².